The molecule has 2 N–H and O–H groups in total. The van der Waals surface area contributed by atoms with Gasteiger partial charge in [0.2, 0.25) is 10.0 Å². The molecule has 1 aromatic carbocycles. The zero-order valence-electron chi connectivity index (χ0n) is 15.0. The molecule has 140 valence electrons. The summed E-state index contributed by atoms with van der Waals surface area (Å²) in [5.41, 5.74) is 1.77. The monoisotopic (exact) mass is 368 g/mol. The summed E-state index contributed by atoms with van der Waals surface area (Å²) < 4.78 is 32.1. The standard InChI is InChI=1S/C17H28N4O3S/c1-3-8-19-17(18-2)20-13-15-6-4-5-7-16(15)14-25(22,23)21-9-11-24-12-10-21/h4-7H,3,8-14H2,1-2H3,(H2,18,19,20). The molecule has 1 aromatic rings. The Hall–Kier alpha value is -1.64. The van der Waals surface area contributed by atoms with Crippen molar-refractivity contribution in [2.75, 3.05) is 39.9 Å². The second kappa shape index (κ2) is 9.74. The lowest BCUT2D eigenvalue weighted by atomic mass is 10.1. The van der Waals surface area contributed by atoms with E-state index in [-0.39, 0.29) is 5.75 Å². The van der Waals surface area contributed by atoms with E-state index in [1.165, 1.54) is 4.31 Å². The van der Waals surface area contributed by atoms with E-state index in [1.807, 2.05) is 24.3 Å². The minimum Gasteiger partial charge on any atom is -0.379 e. The van der Waals surface area contributed by atoms with Crippen LogP contribution in [0.2, 0.25) is 0 Å². The van der Waals surface area contributed by atoms with Crippen LogP contribution in [-0.4, -0.2) is 58.6 Å². The number of guanidine groups is 1. The molecule has 0 aromatic heterocycles. The van der Waals surface area contributed by atoms with Gasteiger partial charge in [-0.05, 0) is 17.5 Å². The number of nitrogens with zero attached hydrogens (tertiary/aromatic N) is 2. The summed E-state index contributed by atoms with van der Waals surface area (Å²) in [5.74, 6) is 0.721. The summed E-state index contributed by atoms with van der Waals surface area (Å²) in [4.78, 5) is 4.17. The molecule has 1 aliphatic heterocycles. The van der Waals surface area contributed by atoms with Crippen molar-refractivity contribution in [2.45, 2.75) is 25.6 Å². The molecule has 0 unspecified atom stereocenters. The van der Waals surface area contributed by atoms with Crippen LogP contribution in [0.25, 0.3) is 0 Å². The van der Waals surface area contributed by atoms with Crippen LogP contribution in [0.4, 0.5) is 0 Å². The fraction of sp³-hybridized carbons (Fsp3) is 0.588. The Morgan fingerprint density at radius 2 is 1.88 bits per heavy atom. The first-order valence-corrected chi connectivity index (χ1v) is 10.2. The third kappa shape index (κ3) is 5.98. The SMILES string of the molecule is CCCNC(=NC)NCc1ccccc1CS(=O)(=O)N1CCOCC1. The van der Waals surface area contributed by atoms with Gasteiger partial charge < -0.3 is 15.4 Å². The maximum absolute atomic E-state index is 12.7. The van der Waals surface area contributed by atoms with E-state index in [0.717, 1.165) is 24.1 Å². The molecule has 1 aliphatic rings. The van der Waals surface area contributed by atoms with Crippen LogP contribution in [0.1, 0.15) is 24.5 Å². The highest BCUT2D eigenvalue weighted by Crippen LogP contribution is 2.16. The number of benzene rings is 1. The molecule has 8 heteroatoms. The maximum Gasteiger partial charge on any atom is 0.218 e. The van der Waals surface area contributed by atoms with E-state index in [2.05, 4.69) is 22.5 Å². The van der Waals surface area contributed by atoms with Gasteiger partial charge in [-0.25, -0.2) is 8.42 Å². The number of hydrogen-bond donors (Lipinski definition) is 2. The molecule has 7 nitrogen and oxygen atoms in total. The predicted octanol–water partition coefficient (Wildman–Crippen LogP) is 0.924. The van der Waals surface area contributed by atoms with E-state index < -0.39 is 10.0 Å². The van der Waals surface area contributed by atoms with E-state index in [1.54, 1.807) is 7.05 Å². The molecule has 0 amide bonds. The van der Waals surface area contributed by atoms with Crippen molar-refractivity contribution < 1.29 is 13.2 Å². The molecule has 1 heterocycles. The lowest BCUT2D eigenvalue weighted by molar-refractivity contribution is 0.0729. The Labute approximate surface area is 150 Å². The third-order valence-corrected chi connectivity index (χ3v) is 5.86. The highest BCUT2D eigenvalue weighted by atomic mass is 32.2. The molecule has 0 saturated carbocycles. The van der Waals surface area contributed by atoms with Gasteiger partial charge >= 0.3 is 0 Å². The summed E-state index contributed by atoms with van der Waals surface area (Å²) in [7, 11) is -1.62. The minimum absolute atomic E-state index is 0.00580. The number of hydrogen-bond acceptors (Lipinski definition) is 4. The zero-order valence-corrected chi connectivity index (χ0v) is 15.8. The Kier molecular flexibility index (Phi) is 7.67. The van der Waals surface area contributed by atoms with Crippen molar-refractivity contribution in [3.8, 4) is 0 Å². The first kappa shape index (κ1) is 19.7. The predicted molar refractivity (Wildman–Crippen MR) is 100.0 cm³/mol. The molecular formula is C17H28N4O3S. The molecule has 0 aliphatic carbocycles. The second-order valence-corrected chi connectivity index (χ2v) is 7.86. The van der Waals surface area contributed by atoms with Crippen molar-refractivity contribution in [1.29, 1.82) is 0 Å². The van der Waals surface area contributed by atoms with E-state index >= 15 is 0 Å². The molecule has 25 heavy (non-hydrogen) atoms. The zero-order chi connectivity index (χ0) is 18.1. The summed E-state index contributed by atoms with van der Waals surface area (Å²) in [5, 5.41) is 6.44. The Morgan fingerprint density at radius 1 is 1.20 bits per heavy atom. The molecular weight excluding hydrogens is 340 g/mol. The lowest BCUT2D eigenvalue weighted by Gasteiger charge is -2.26. The van der Waals surface area contributed by atoms with Gasteiger partial charge in [0.1, 0.15) is 0 Å². The van der Waals surface area contributed by atoms with Crippen LogP contribution in [0.15, 0.2) is 29.3 Å². The summed E-state index contributed by atoms with van der Waals surface area (Å²) in [6.07, 6.45) is 1.01. The van der Waals surface area contributed by atoms with Crippen LogP contribution in [0.5, 0.6) is 0 Å². The van der Waals surface area contributed by atoms with Crippen LogP contribution in [-0.2, 0) is 27.1 Å². The Morgan fingerprint density at radius 3 is 2.52 bits per heavy atom. The van der Waals surface area contributed by atoms with Crippen molar-refractivity contribution in [3.05, 3.63) is 35.4 Å². The molecule has 1 fully saturated rings. The highest BCUT2D eigenvalue weighted by Gasteiger charge is 2.25. The normalized spacial score (nSPS) is 16.6. The van der Waals surface area contributed by atoms with Gasteiger partial charge in [0.25, 0.3) is 0 Å². The average Bonchev–Trinajstić information content (AvgIpc) is 2.63. The van der Waals surface area contributed by atoms with E-state index in [0.29, 0.717) is 38.8 Å². The van der Waals surface area contributed by atoms with Gasteiger partial charge in [0.15, 0.2) is 5.96 Å². The minimum atomic E-state index is -3.34. The van der Waals surface area contributed by atoms with Crippen LogP contribution >= 0.6 is 0 Å². The molecule has 1 saturated heterocycles. The van der Waals surface area contributed by atoms with E-state index in [4.69, 9.17) is 4.74 Å². The summed E-state index contributed by atoms with van der Waals surface area (Å²) in [6, 6.07) is 7.61. The fourth-order valence-electron chi connectivity index (χ4n) is 2.63. The molecule has 2 rings (SSSR count). The van der Waals surface area contributed by atoms with Crippen molar-refractivity contribution in [1.82, 2.24) is 14.9 Å². The maximum atomic E-state index is 12.7. The second-order valence-electron chi connectivity index (χ2n) is 5.89. The van der Waals surface area contributed by atoms with Crippen molar-refractivity contribution >= 4 is 16.0 Å². The van der Waals surface area contributed by atoms with Gasteiger partial charge in [-0.1, -0.05) is 31.2 Å². The number of ether oxygens (including phenoxy) is 1. The molecule has 0 atom stereocenters. The summed E-state index contributed by atoms with van der Waals surface area (Å²) >= 11 is 0. The van der Waals surface area contributed by atoms with Crippen molar-refractivity contribution in [3.63, 3.8) is 0 Å². The highest BCUT2D eigenvalue weighted by molar-refractivity contribution is 7.88. The number of sulfonamides is 1. The van der Waals surface area contributed by atoms with Gasteiger partial charge in [-0.3, -0.25) is 4.99 Å². The van der Waals surface area contributed by atoms with Gasteiger partial charge in [0.05, 0.1) is 19.0 Å². The van der Waals surface area contributed by atoms with Crippen LogP contribution < -0.4 is 10.6 Å². The molecule has 0 radical (unpaired) electrons. The fourth-order valence-corrected chi connectivity index (χ4v) is 4.19. The van der Waals surface area contributed by atoms with Crippen LogP contribution in [0, 0.1) is 0 Å². The van der Waals surface area contributed by atoms with Crippen molar-refractivity contribution in [2.24, 2.45) is 4.99 Å². The number of rotatable bonds is 7. The van der Waals surface area contributed by atoms with Gasteiger partial charge in [-0.15, -0.1) is 0 Å². The quantitative estimate of drug-likeness (QED) is 0.552. The summed E-state index contributed by atoms with van der Waals surface area (Å²) in [6.45, 7) is 5.23. The molecule has 0 spiro atoms. The number of aliphatic imine (C=N–C) groups is 1. The first-order valence-electron chi connectivity index (χ1n) is 8.63. The smallest absolute Gasteiger partial charge is 0.218 e. The molecule has 0 bridgehead atoms. The third-order valence-electron chi connectivity index (χ3n) is 4.03. The van der Waals surface area contributed by atoms with E-state index in [9.17, 15) is 8.42 Å². The topological polar surface area (TPSA) is 83.0 Å². The van der Waals surface area contributed by atoms with Gasteiger partial charge in [-0.2, -0.15) is 4.31 Å². The number of nitrogens with one attached hydrogen (secondary N) is 2. The average molecular weight is 369 g/mol. The van der Waals surface area contributed by atoms with Gasteiger partial charge in [0, 0.05) is 33.2 Å². The lowest BCUT2D eigenvalue weighted by Crippen LogP contribution is -2.41. The van der Waals surface area contributed by atoms with Crippen LogP contribution in [0.3, 0.4) is 0 Å². The Balaban J connectivity index is 2.04. The first-order chi connectivity index (χ1) is 12.1. The largest absolute Gasteiger partial charge is 0.379 e. The number of morpholine rings is 1. The Bertz CT molecular complexity index is 670.